The summed E-state index contributed by atoms with van der Waals surface area (Å²) >= 11 is 0. The Hall–Kier alpha value is -2.76. The lowest BCUT2D eigenvalue weighted by Gasteiger charge is -2.32. The fraction of sp³-hybridized carbons (Fsp3) is 0.368. The lowest BCUT2D eigenvalue weighted by atomic mass is 9.95. The first-order chi connectivity index (χ1) is 12.2. The number of carbonyl (C=O) groups is 1. The van der Waals surface area contributed by atoms with Crippen LogP contribution in [-0.4, -0.2) is 40.9 Å². The molecule has 1 amide bonds. The number of hydrogen-bond acceptors (Lipinski definition) is 4. The summed E-state index contributed by atoms with van der Waals surface area (Å²) in [6, 6.07) is 11.8. The predicted molar refractivity (Wildman–Crippen MR) is 96.2 cm³/mol. The monoisotopic (exact) mass is 338 g/mol. The first-order valence-corrected chi connectivity index (χ1v) is 8.68. The number of imidazole rings is 1. The molecule has 0 saturated carbocycles. The van der Waals surface area contributed by atoms with Crippen molar-refractivity contribution in [1.82, 2.24) is 14.9 Å². The Morgan fingerprint density at radius 1 is 1.28 bits per heavy atom. The number of aromatic amines is 1. The van der Waals surface area contributed by atoms with E-state index in [2.05, 4.69) is 14.9 Å². The Bertz CT molecular complexity index is 814. The topological polar surface area (TPSA) is 65.4 Å². The van der Waals surface area contributed by atoms with E-state index in [1.54, 1.807) is 11.2 Å². The summed E-state index contributed by atoms with van der Waals surface area (Å²) in [5.74, 6) is 1.98. The van der Waals surface area contributed by atoms with Gasteiger partial charge in [0, 0.05) is 26.1 Å². The Labute approximate surface area is 146 Å². The number of furan rings is 1. The minimum Gasteiger partial charge on any atom is -0.467 e. The zero-order chi connectivity index (χ0) is 17.2. The summed E-state index contributed by atoms with van der Waals surface area (Å²) in [4.78, 5) is 24.7. The molecule has 1 aliphatic rings. The van der Waals surface area contributed by atoms with Crippen LogP contribution >= 0.6 is 0 Å². The lowest BCUT2D eigenvalue weighted by molar-refractivity contribution is -0.135. The molecule has 4 rings (SSSR count). The summed E-state index contributed by atoms with van der Waals surface area (Å²) in [7, 11) is 1.84. The van der Waals surface area contributed by atoms with E-state index in [1.165, 1.54) is 0 Å². The molecule has 1 fully saturated rings. The van der Waals surface area contributed by atoms with Gasteiger partial charge < -0.3 is 19.2 Å². The standard InChI is InChI=1S/C19H22N4O2/c1-22(13-15-5-4-12-25-15)18(24)14-8-10-23(11-9-14)19-20-16-6-2-3-7-17(16)21-19/h2-7,12,14H,8-11,13H2,1H3,(H,20,21). The number of hydrogen-bond donors (Lipinski definition) is 1. The lowest BCUT2D eigenvalue weighted by Crippen LogP contribution is -2.41. The fourth-order valence-corrected chi connectivity index (χ4v) is 3.45. The number of H-pyrrole nitrogens is 1. The van der Waals surface area contributed by atoms with Crippen molar-refractivity contribution < 1.29 is 9.21 Å². The molecule has 25 heavy (non-hydrogen) atoms. The van der Waals surface area contributed by atoms with Crippen LogP contribution in [0.5, 0.6) is 0 Å². The highest BCUT2D eigenvalue weighted by Crippen LogP contribution is 2.25. The van der Waals surface area contributed by atoms with Crippen molar-refractivity contribution in [2.75, 3.05) is 25.0 Å². The van der Waals surface area contributed by atoms with Crippen LogP contribution in [0.3, 0.4) is 0 Å². The minimum absolute atomic E-state index is 0.0700. The van der Waals surface area contributed by atoms with Crippen LogP contribution in [0.15, 0.2) is 47.1 Å². The third kappa shape index (κ3) is 3.24. The van der Waals surface area contributed by atoms with Crippen LogP contribution in [0.25, 0.3) is 11.0 Å². The first kappa shape index (κ1) is 15.7. The highest BCUT2D eigenvalue weighted by atomic mass is 16.3. The maximum absolute atomic E-state index is 12.7. The number of carbonyl (C=O) groups excluding carboxylic acids is 1. The molecule has 130 valence electrons. The van der Waals surface area contributed by atoms with Crippen molar-refractivity contribution in [2.45, 2.75) is 19.4 Å². The number of piperidine rings is 1. The molecule has 0 spiro atoms. The Balaban J connectivity index is 1.36. The largest absolute Gasteiger partial charge is 0.467 e. The van der Waals surface area contributed by atoms with Gasteiger partial charge in [-0.3, -0.25) is 4.79 Å². The number of rotatable bonds is 4. The molecule has 0 radical (unpaired) electrons. The van der Waals surface area contributed by atoms with Gasteiger partial charge in [0.25, 0.3) is 0 Å². The van der Waals surface area contributed by atoms with E-state index in [4.69, 9.17) is 4.42 Å². The molecule has 1 aromatic carbocycles. The van der Waals surface area contributed by atoms with Gasteiger partial charge in [-0.05, 0) is 37.1 Å². The zero-order valence-corrected chi connectivity index (χ0v) is 14.3. The SMILES string of the molecule is CN(Cc1ccco1)C(=O)C1CCN(c2nc3ccccc3[nH]2)CC1. The second-order valence-electron chi connectivity index (χ2n) is 6.61. The highest BCUT2D eigenvalue weighted by molar-refractivity contribution is 5.79. The summed E-state index contributed by atoms with van der Waals surface area (Å²) in [6.07, 6.45) is 3.33. The molecule has 1 aliphatic heterocycles. The van der Waals surface area contributed by atoms with E-state index in [-0.39, 0.29) is 11.8 Å². The molecule has 6 heteroatoms. The molecule has 0 atom stereocenters. The summed E-state index contributed by atoms with van der Waals surface area (Å²) < 4.78 is 5.33. The van der Waals surface area contributed by atoms with Crippen LogP contribution in [-0.2, 0) is 11.3 Å². The van der Waals surface area contributed by atoms with Gasteiger partial charge in [0.1, 0.15) is 5.76 Å². The smallest absolute Gasteiger partial charge is 0.225 e. The molecule has 3 heterocycles. The minimum atomic E-state index is 0.0700. The van der Waals surface area contributed by atoms with Crippen molar-refractivity contribution in [3.63, 3.8) is 0 Å². The molecule has 0 unspecified atom stereocenters. The van der Waals surface area contributed by atoms with Crippen LogP contribution in [0.2, 0.25) is 0 Å². The third-order valence-corrected chi connectivity index (χ3v) is 4.87. The molecular weight excluding hydrogens is 316 g/mol. The van der Waals surface area contributed by atoms with Crippen molar-refractivity contribution >= 4 is 22.9 Å². The van der Waals surface area contributed by atoms with Crippen molar-refractivity contribution in [3.05, 3.63) is 48.4 Å². The average molecular weight is 338 g/mol. The summed E-state index contributed by atoms with van der Waals surface area (Å²) in [5, 5.41) is 0. The Morgan fingerprint density at radius 2 is 2.08 bits per heavy atom. The van der Waals surface area contributed by atoms with Crippen LogP contribution in [0, 0.1) is 5.92 Å². The van der Waals surface area contributed by atoms with E-state index >= 15 is 0 Å². The first-order valence-electron chi connectivity index (χ1n) is 8.68. The number of para-hydroxylation sites is 2. The molecule has 1 saturated heterocycles. The van der Waals surface area contributed by atoms with E-state index in [9.17, 15) is 4.79 Å². The van der Waals surface area contributed by atoms with Crippen molar-refractivity contribution in [2.24, 2.45) is 5.92 Å². The number of aromatic nitrogens is 2. The van der Waals surface area contributed by atoms with Gasteiger partial charge in [-0.15, -0.1) is 0 Å². The Morgan fingerprint density at radius 3 is 2.80 bits per heavy atom. The van der Waals surface area contributed by atoms with Crippen molar-refractivity contribution in [3.8, 4) is 0 Å². The van der Waals surface area contributed by atoms with E-state index in [1.807, 2.05) is 43.4 Å². The average Bonchev–Trinajstić information content (AvgIpc) is 3.30. The van der Waals surface area contributed by atoms with Gasteiger partial charge in [-0.1, -0.05) is 12.1 Å². The maximum Gasteiger partial charge on any atom is 0.225 e. The molecule has 0 bridgehead atoms. The number of amides is 1. The number of benzene rings is 1. The van der Waals surface area contributed by atoms with Crippen LogP contribution in [0.4, 0.5) is 5.95 Å². The number of anilines is 1. The second-order valence-corrected chi connectivity index (χ2v) is 6.61. The molecule has 6 nitrogen and oxygen atoms in total. The van der Waals surface area contributed by atoms with Gasteiger partial charge in [0.05, 0.1) is 23.8 Å². The zero-order valence-electron chi connectivity index (χ0n) is 14.3. The van der Waals surface area contributed by atoms with Gasteiger partial charge in [0.15, 0.2) is 0 Å². The second kappa shape index (κ2) is 6.63. The molecule has 3 aromatic rings. The van der Waals surface area contributed by atoms with Crippen molar-refractivity contribution in [1.29, 1.82) is 0 Å². The maximum atomic E-state index is 12.7. The predicted octanol–water partition coefficient (Wildman–Crippen LogP) is 3.03. The number of nitrogens with one attached hydrogen (secondary N) is 1. The van der Waals surface area contributed by atoms with E-state index in [0.29, 0.717) is 6.54 Å². The normalized spacial score (nSPS) is 15.6. The van der Waals surface area contributed by atoms with Gasteiger partial charge in [-0.25, -0.2) is 4.98 Å². The van der Waals surface area contributed by atoms with Gasteiger partial charge in [-0.2, -0.15) is 0 Å². The van der Waals surface area contributed by atoms with Crippen LogP contribution < -0.4 is 4.90 Å². The fourth-order valence-electron chi connectivity index (χ4n) is 3.45. The van der Waals surface area contributed by atoms with Gasteiger partial charge >= 0.3 is 0 Å². The number of fused-ring (bicyclic) bond motifs is 1. The Kier molecular flexibility index (Phi) is 4.17. The van der Waals surface area contributed by atoms with Gasteiger partial charge in [0.2, 0.25) is 11.9 Å². The quantitative estimate of drug-likeness (QED) is 0.794. The van der Waals surface area contributed by atoms with E-state index in [0.717, 1.165) is 48.7 Å². The molecule has 1 N–H and O–H groups in total. The highest BCUT2D eigenvalue weighted by Gasteiger charge is 2.28. The summed E-state index contributed by atoms with van der Waals surface area (Å²) in [5.41, 5.74) is 2.03. The van der Waals surface area contributed by atoms with E-state index < -0.39 is 0 Å². The molecule has 2 aromatic heterocycles. The van der Waals surface area contributed by atoms with Crippen LogP contribution in [0.1, 0.15) is 18.6 Å². The molecule has 0 aliphatic carbocycles. The third-order valence-electron chi connectivity index (χ3n) is 4.87. The number of nitrogens with zero attached hydrogens (tertiary/aromatic N) is 3. The molecular formula is C19H22N4O2. The summed E-state index contributed by atoms with van der Waals surface area (Å²) in [6.45, 7) is 2.20.